The Kier molecular flexibility index (Phi) is 9.30. The summed E-state index contributed by atoms with van der Waals surface area (Å²) in [5, 5.41) is 14.1. The van der Waals surface area contributed by atoms with Crippen molar-refractivity contribution in [3.05, 3.63) is 304 Å². The van der Waals surface area contributed by atoms with Gasteiger partial charge in [-0.1, -0.05) is 232 Å². The van der Waals surface area contributed by atoms with Gasteiger partial charge in [-0.05, 0) is 103 Å². The molecule has 4 aliphatic rings. The maximum absolute atomic E-state index is 10.1. The van der Waals surface area contributed by atoms with E-state index in [1.54, 1.807) is 0 Å². The van der Waals surface area contributed by atoms with E-state index >= 15 is 0 Å². The number of fused-ring (bicyclic) bond motifs is 14. The Bertz CT molecular complexity index is 3890. The highest BCUT2D eigenvalue weighted by molar-refractivity contribution is 6.36. The van der Waals surface area contributed by atoms with Gasteiger partial charge in [-0.15, -0.1) is 0 Å². The molecule has 0 saturated heterocycles. The number of allylic oxidation sites excluding steroid dienone is 1. The molecule has 1 spiro atoms. The topological polar surface area (TPSA) is 39.1 Å². The first-order chi connectivity index (χ1) is 35.4. The van der Waals surface area contributed by atoms with E-state index in [0.717, 1.165) is 61.8 Å². The summed E-state index contributed by atoms with van der Waals surface area (Å²) in [7, 11) is 0. The van der Waals surface area contributed by atoms with Crippen molar-refractivity contribution >= 4 is 45.8 Å². The second kappa shape index (κ2) is 16.0. The summed E-state index contributed by atoms with van der Waals surface area (Å²) in [6, 6.07) is 88.2. The molecule has 3 nitrogen and oxygen atoms in total. The molecule has 72 heavy (non-hydrogen) atoms. The van der Waals surface area contributed by atoms with Crippen LogP contribution in [0.5, 0.6) is 0 Å². The highest BCUT2D eigenvalue weighted by atomic mass is 15.2. The van der Waals surface area contributed by atoms with Crippen LogP contribution in [0.25, 0.3) is 56.4 Å². The summed E-state index contributed by atoms with van der Waals surface area (Å²) in [4.78, 5) is 2.55. The Hall–Kier alpha value is -9.05. The average molecular weight is 920 g/mol. The lowest BCUT2D eigenvalue weighted by atomic mass is 9.70. The van der Waals surface area contributed by atoms with Crippen molar-refractivity contribution in [3.63, 3.8) is 0 Å². The van der Waals surface area contributed by atoms with Gasteiger partial charge in [0.1, 0.15) is 0 Å². The molecule has 1 heterocycles. The number of benzene rings is 10. The van der Waals surface area contributed by atoms with E-state index in [1.807, 2.05) is 36.4 Å². The fraction of sp³-hybridized carbons (Fsp3) is 0.0580. The van der Waals surface area contributed by atoms with Crippen LogP contribution in [0.3, 0.4) is 0 Å². The van der Waals surface area contributed by atoms with Gasteiger partial charge in [0, 0.05) is 44.6 Å². The molecule has 2 N–H and O–H groups in total. The molecule has 3 aliphatic carbocycles. The molecule has 0 radical (unpaired) electrons. The molecule has 0 amide bonds. The number of rotatable bonds is 7. The third-order valence-corrected chi connectivity index (χ3v) is 15.9. The molecule has 0 saturated carbocycles. The first kappa shape index (κ1) is 41.9. The lowest BCUT2D eigenvalue weighted by Gasteiger charge is -2.33. The second-order valence-corrected chi connectivity index (χ2v) is 20.0. The van der Waals surface area contributed by atoms with Crippen molar-refractivity contribution in [2.45, 2.75) is 24.7 Å². The predicted octanol–water partition coefficient (Wildman–Crippen LogP) is 16.8. The second-order valence-electron chi connectivity index (χ2n) is 20.0. The predicted molar refractivity (Wildman–Crippen MR) is 299 cm³/mol. The molecule has 3 heteroatoms. The Labute approximate surface area is 421 Å². The standard InChI is InChI=1S/C69H49N3/c1-68(2)54-32-16-14-30-51(54)64-58(68)36-20-38-61(64)72(62-39-21-37-59-65(62)52-31-15-19-35-57(52)69(59)55-33-17-12-28-49(55)50-29-13-18-34-56(50)69)48-41-40-47-42-60(44-22-6-3-7-23-44)71-67(53(47)43-48)63(45-24-8-4-9-25-45)66(70)46-26-10-5-11-27-46/h3-43,70-71H,1-2H3/b67-63-,70-66?. The molecule has 10 aromatic rings. The van der Waals surface area contributed by atoms with E-state index in [-0.39, 0.29) is 5.41 Å². The molecular formula is C69H49N3. The van der Waals surface area contributed by atoms with Gasteiger partial charge in [-0.25, -0.2) is 0 Å². The quantitative estimate of drug-likeness (QED) is 0.156. The number of nitrogens with one attached hydrogen (secondary N) is 2. The zero-order chi connectivity index (χ0) is 48.1. The summed E-state index contributed by atoms with van der Waals surface area (Å²) in [5.41, 5.74) is 26.1. The van der Waals surface area contributed by atoms with E-state index in [2.05, 4.69) is 236 Å². The Morgan fingerprint density at radius 3 is 1.51 bits per heavy atom. The number of hydrogen-bond acceptors (Lipinski definition) is 3. The van der Waals surface area contributed by atoms with Gasteiger partial charge < -0.3 is 10.2 Å². The minimum atomic E-state index is -0.509. The van der Waals surface area contributed by atoms with E-state index in [9.17, 15) is 5.41 Å². The van der Waals surface area contributed by atoms with Crippen LogP contribution in [-0.4, -0.2) is 5.71 Å². The summed E-state index contributed by atoms with van der Waals surface area (Å²) in [6.07, 6.45) is 2.27. The smallest absolute Gasteiger partial charge is 0.0726 e. The van der Waals surface area contributed by atoms with Crippen molar-refractivity contribution in [2.24, 2.45) is 0 Å². The molecule has 14 rings (SSSR count). The van der Waals surface area contributed by atoms with E-state index in [0.29, 0.717) is 5.71 Å². The van der Waals surface area contributed by atoms with Crippen molar-refractivity contribution in [3.8, 4) is 33.4 Å². The van der Waals surface area contributed by atoms with Crippen LogP contribution in [0, 0.1) is 5.41 Å². The van der Waals surface area contributed by atoms with Crippen molar-refractivity contribution < 1.29 is 0 Å². The minimum Gasteiger partial charge on any atom is -0.354 e. The summed E-state index contributed by atoms with van der Waals surface area (Å²) in [6.45, 7) is 4.73. The molecule has 0 atom stereocenters. The highest BCUT2D eigenvalue weighted by Crippen LogP contribution is 2.65. The van der Waals surface area contributed by atoms with Crippen LogP contribution in [0.4, 0.5) is 17.1 Å². The van der Waals surface area contributed by atoms with Gasteiger partial charge in [-0.2, -0.15) is 0 Å². The number of nitrogens with zero attached hydrogens (tertiary/aromatic N) is 1. The summed E-state index contributed by atoms with van der Waals surface area (Å²) in [5.74, 6) is 0. The largest absolute Gasteiger partial charge is 0.354 e. The Balaban J connectivity index is 1.09. The summed E-state index contributed by atoms with van der Waals surface area (Å²) >= 11 is 0. The average Bonchev–Trinajstić information content (AvgIpc) is 4.01. The Morgan fingerprint density at radius 2 is 0.889 bits per heavy atom. The van der Waals surface area contributed by atoms with Crippen LogP contribution in [0.2, 0.25) is 0 Å². The molecule has 1 aliphatic heterocycles. The molecule has 0 fully saturated rings. The van der Waals surface area contributed by atoms with E-state index in [4.69, 9.17) is 0 Å². The zero-order valence-corrected chi connectivity index (χ0v) is 40.1. The van der Waals surface area contributed by atoms with Crippen LogP contribution in [0.1, 0.15) is 75.0 Å². The SMILES string of the molecule is CC1(C)c2ccccc2-c2c(N(c3ccc4c(c3)/C(=C(/C(=N)c3ccccc3)c3ccccc3)NC(c3ccccc3)=C4)c3cccc4c3-c3ccccc3C43c4ccccc4-c4ccccc43)cccc21. The first-order valence-corrected chi connectivity index (χ1v) is 25.0. The Morgan fingerprint density at radius 1 is 0.417 bits per heavy atom. The maximum Gasteiger partial charge on any atom is 0.0726 e. The lowest BCUT2D eigenvalue weighted by Crippen LogP contribution is -2.26. The van der Waals surface area contributed by atoms with Gasteiger partial charge in [-0.3, -0.25) is 5.41 Å². The third kappa shape index (κ3) is 5.95. The molecule has 0 bridgehead atoms. The lowest BCUT2D eigenvalue weighted by molar-refractivity contribution is 0.660. The minimum absolute atomic E-state index is 0.211. The van der Waals surface area contributed by atoms with E-state index in [1.165, 1.54) is 66.8 Å². The fourth-order valence-corrected chi connectivity index (χ4v) is 12.8. The monoisotopic (exact) mass is 919 g/mol. The first-order valence-electron chi connectivity index (χ1n) is 25.0. The van der Waals surface area contributed by atoms with Gasteiger partial charge >= 0.3 is 0 Å². The molecule has 0 unspecified atom stereocenters. The van der Waals surface area contributed by atoms with Gasteiger partial charge in [0.05, 0.1) is 28.2 Å². The van der Waals surface area contributed by atoms with Crippen molar-refractivity contribution in [1.29, 1.82) is 5.41 Å². The van der Waals surface area contributed by atoms with E-state index < -0.39 is 5.41 Å². The molecule has 10 aromatic carbocycles. The zero-order valence-electron chi connectivity index (χ0n) is 40.1. The van der Waals surface area contributed by atoms with Crippen molar-refractivity contribution in [1.82, 2.24) is 5.32 Å². The fourth-order valence-electron chi connectivity index (χ4n) is 12.8. The summed E-state index contributed by atoms with van der Waals surface area (Å²) < 4.78 is 0. The van der Waals surface area contributed by atoms with Crippen LogP contribution in [0.15, 0.2) is 243 Å². The van der Waals surface area contributed by atoms with Crippen molar-refractivity contribution in [2.75, 3.05) is 4.90 Å². The van der Waals surface area contributed by atoms with Gasteiger partial charge in [0.2, 0.25) is 0 Å². The van der Waals surface area contributed by atoms with Gasteiger partial charge in [0.25, 0.3) is 0 Å². The highest BCUT2D eigenvalue weighted by Gasteiger charge is 2.52. The maximum atomic E-state index is 10.1. The molecular weight excluding hydrogens is 871 g/mol. The molecule has 0 aromatic heterocycles. The molecule has 340 valence electrons. The third-order valence-electron chi connectivity index (χ3n) is 15.9. The van der Waals surface area contributed by atoms with Crippen LogP contribution < -0.4 is 10.2 Å². The number of anilines is 3. The van der Waals surface area contributed by atoms with Crippen LogP contribution >= 0.6 is 0 Å². The number of hydrogen-bond donors (Lipinski definition) is 2. The van der Waals surface area contributed by atoms with Crippen LogP contribution in [-0.2, 0) is 10.8 Å². The normalized spacial score (nSPS) is 15.2. The van der Waals surface area contributed by atoms with Gasteiger partial charge in [0.15, 0.2) is 0 Å².